The molecule has 6 nitrogen and oxygen atoms in total. The van der Waals surface area contributed by atoms with E-state index in [1.54, 1.807) is 34.9 Å². The smallest absolute Gasteiger partial charge is 0.312 e. The van der Waals surface area contributed by atoms with Gasteiger partial charge >= 0.3 is 5.91 Å². The van der Waals surface area contributed by atoms with Crippen molar-refractivity contribution in [2.45, 2.75) is 33.8 Å². The highest BCUT2D eigenvalue weighted by atomic mass is 16.3. The van der Waals surface area contributed by atoms with Gasteiger partial charge in [0, 0.05) is 6.92 Å². The normalized spacial score (nSPS) is 12.6. The average molecular weight is 258 g/mol. The van der Waals surface area contributed by atoms with Crippen LogP contribution in [0.2, 0.25) is 0 Å². The quantitative estimate of drug-likeness (QED) is 0.366. The molecule has 0 rings (SSSR count). The molecule has 104 valence electrons. The predicted molar refractivity (Wildman–Crippen MR) is 69.0 cm³/mol. The first-order valence-corrected chi connectivity index (χ1v) is 5.84. The molecule has 0 bridgehead atoms. The first-order chi connectivity index (χ1) is 8.05. The van der Waals surface area contributed by atoms with E-state index in [9.17, 15) is 14.7 Å². The molecular formula is C12H24N3O3+. The van der Waals surface area contributed by atoms with Crippen LogP contribution in [-0.2, 0) is 9.59 Å². The Kier molecular flexibility index (Phi) is 6.00. The summed E-state index contributed by atoms with van der Waals surface area (Å²) in [6, 6.07) is 0. The Morgan fingerprint density at radius 1 is 1.22 bits per heavy atom. The van der Waals surface area contributed by atoms with Gasteiger partial charge in [0.1, 0.15) is 18.3 Å². The highest BCUT2D eigenvalue weighted by molar-refractivity contribution is 5.96. The number of rotatable bonds is 5. The number of nitrogens with one attached hydrogen (secondary N) is 2. The number of hydrogen-bond donors (Lipinski definition) is 3. The van der Waals surface area contributed by atoms with E-state index in [1.807, 2.05) is 0 Å². The minimum Gasteiger partial charge on any atom is -0.387 e. The highest BCUT2D eigenvalue weighted by Gasteiger charge is 2.24. The summed E-state index contributed by atoms with van der Waals surface area (Å²) >= 11 is 0. The monoisotopic (exact) mass is 258 g/mol. The molecule has 0 spiro atoms. The van der Waals surface area contributed by atoms with E-state index >= 15 is 0 Å². The molecule has 2 amide bonds. The molecule has 0 heterocycles. The van der Waals surface area contributed by atoms with Crippen LogP contribution in [0.1, 0.15) is 27.7 Å². The number of allylic oxidation sites excluding steroid dienone is 1. The van der Waals surface area contributed by atoms with Crippen LogP contribution >= 0.6 is 0 Å². The van der Waals surface area contributed by atoms with E-state index in [-0.39, 0.29) is 22.1 Å². The van der Waals surface area contributed by atoms with Crippen LogP contribution in [0.5, 0.6) is 0 Å². The molecule has 0 saturated carbocycles. The van der Waals surface area contributed by atoms with Gasteiger partial charge in [0.2, 0.25) is 5.91 Å². The van der Waals surface area contributed by atoms with Gasteiger partial charge in [-0.25, -0.2) is 4.59 Å². The molecule has 0 saturated heterocycles. The van der Waals surface area contributed by atoms with Gasteiger partial charge in [-0.15, -0.1) is 0 Å². The summed E-state index contributed by atoms with van der Waals surface area (Å²) in [6.45, 7) is 6.88. The van der Waals surface area contributed by atoms with Crippen LogP contribution in [-0.4, -0.2) is 48.3 Å². The number of quaternary nitrogens is 1. The van der Waals surface area contributed by atoms with Gasteiger partial charge in [-0.1, -0.05) is 0 Å². The first-order valence-electron chi connectivity index (χ1n) is 5.84. The second-order valence-electron chi connectivity index (χ2n) is 5.21. The maximum absolute atomic E-state index is 12.0. The van der Waals surface area contributed by atoms with E-state index in [4.69, 9.17) is 0 Å². The fourth-order valence-electron chi connectivity index (χ4n) is 1.62. The Hall–Kier alpha value is -1.40. The molecule has 0 aliphatic heterocycles. The van der Waals surface area contributed by atoms with Gasteiger partial charge < -0.3 is 10.4 Å². The van der Waals surface area contributed by atoms with Crippen molar-refractivity contribution in [2.75, 3.05) is 20.6 Å². The third kappa shape index (κ3) is 6.36. The minimum atomic E-state index is -0.531. The van der Waals surface area contributed by atoms with Crippen LogP contribution in [0.25, 0.3) is 0 Å². The number of likely N-dealkylation sites (N-methyl/N-ethyl adjacent to an activating group) is 1. The van der Waals surface area contributed by atoms with Crippen LogP contribution in [0.15, 0.2) is 11.3 Å². The van der Waals surface area contributed by atoms with Crippen molar-refractivity contribution in [2.24, 2.45) is 0 Å². The molecule has 3 N–H and O–H groups in total. The van der Waals surface area contributed by atoms with E-state index in [1.165, 1.54) is 6.92 Å². The van der Waals surface area contributed by atoms with Crippen molar-refractivity contribution < 1.29 is 19.3 Å². The molecule has 1 unspecified atom stereocenters. The first kappa shape index (κ1) is 16.6. The van der Waals surface area contributed by atoms with Gasteiger partial charge in [-0.3, -0.25) is 9.59 Å². The molecular weight excluding hydrogens is 234 g/mol. The fourth-order valence-corrected chi connectivity index (χ4v) is 1.62. The molecule has 1 atom stereocenters. The summed E-state index contributed by atoms with van der Waals surface area (Å²) in [7, 11) is 3.53. The topological polar surface area (TPSA) is 78.4 Å². The second-order valence-corrected chi connectivity index (χ2v) is 5.21. The molecule has 0 aromatic carbocycles. The van der Waals surface area contributed by atoms with Crippen LogP contribution in [0, 0.1) is 0 Å². The fraction of sp³-hybridized carbons (Fsp3) is 0.667. The number of aliphatic hydroxyl groups is 1. The lowest BCUT2D eigenvalue weighted by atomic mass is 10.2. The van der Waals surface area contributed by atoms with Gasteiger partial charge in [0.05, 0.1) is 14.1 Å². The summed E-state index contributed by atoms with van der Waals surface area (Å²) in [6.07, 6.45) is -0.531. The summed E-state index contributed by atoms with van der Waals surface area (Å²) in [5.74, 6) is -0.655. The number of nitrogens with zero attached hydrogens (tertiary/aromatic N) is 1. The minimum absolute atomic E-state index is 0.132. The number of aliphatic hydroxyl groups excluding tert-OH is 1. The summed E-state index contributed by atoms with van der Waals surface area (Å²) < 4.78 is 0.132. The van der Waals surface area contributed by atoms with Crippen molar-refractivity contribution in [3.63, 3.8) is 0 Å². The third-order valence-electron chi connectivity index (χ3n) is 2.15. The molecule has 18 heavy (non-hydrogen) atoms. The highest BCUT2D eigenvalue weighted by Crippen LogP contribution is 2.03. The molecule has 0 aliphatic carbocycles. The predicted octanol–water partition coefficient (Wildman–Crippen LogP) is -0.0952. The average Bonchev–Trinajstić information content (AvgIpc) is 2.09. The molecule has 0 aromatic rings. The van der Waals surface area contributed by atoms with Crippen molar-refractivity contribution in [1.29, 1.82) is 0 Å². The lowest BCUT2D eigenvalue weighted by molar-refractivity contribution is -0.927. The Morgan fingerprint density at radius 3 is 2.06 bits per heavy atom. The molecule has 0 aliphatic rings. The zero-order chi connectivity index (χ0) is 14.5. The van der Waals surface area contributed by atoms with Crippen LogP contribution in [0.3, 0.4) is 0 Å². The molecule has 6 heteroatoms. The maximum atomic E-state index is 12.0. The number of hydrogen-bond acceptors (Lipinski definition) is 3. The zero-order valence-corrected chi connectivity index (χ0v) is 12.0. The van der Waals surface area contributed by atoms with Crippen molar-refractivity contribution in [1.82, 2.24) is 10.7 Å². The number of amides is 2. The molecule has 0 radical (unpaired) electrons. The van der Waals surface area contributed by atoms with Crippen LogP contribution in [0.4, 0.5) is 0 Å². The third-order valence-corrected chi connectivity index (χ3v) is 2.15. The SMILES string of the molecule is CC(=O)NC(C(=O)N[N+](C)(C)CC(C)O)=C(C)C. The van der Waals surface area contributed by atoms with Gasteiger partial charge in [0.25, 0.3) is 0 Å². The van der Waals surface area contributed by atoms with Crippen LogP contribution < -0.4 is 10.7 Å². The number of carbonyl (C=O) groups is 2. The Bertz CT molecular complexity index is 356. The molecule has 0 fully saturated rings. The zero-order valence-electron chi connectivity index (χ0n) is 12.0. The van der Waals surface area contributed by atoms with Gasteiger partial charge in [0.15, 0.2) is 0 Å². The van der Waals surface area contributed by atoms with E-state index in [0.717, 1.165) is 5.57 Å². The van der Waals surface area contributed by atoms with Gasteiger partial charge in [-0.2, -0.15) is 5.43 Å². The summed E-state index contributed by atoms with van der Waals surface area (Å²) in [5, 5.41) is 11.9. The summed E-state index contributed by atoms with van der Waals surface area (Å²) in [5.41, 5.74) is 3.71. The molecule has 0 aromatic heterocycles. The van der Waals surface area contributed by atoms with E-state index in [2.05, 4.69) is 10.7 Å². The second kappa shape index (κ2) is 6.51. The largest absolute Gasteiger partial charge is 0.387 e. The lowest BCUT2D eigenvalue weighted by Gasteiger charge is -2.30. The summed E-state index contributed by atoms with van der Waals surface area (Å²) in [4.78, 5) is 23.1. The number of carbonyl (C=O) groups excluding carboxylic acids is 2. The Morgan fingerprint density at radius 2 is 1.72 bits per heavy atom. The lowest BCUT2D eigenvalue weighted by Crippen LogP contribution is -2.58. The Labute approximate surface area is 108 Å². The van der Waals surface area contributed by atoms with Gasteiger partial charge in [-0.05, 0) is 26.3 Å². The van der Waals surface area contributed by atoms with Crippen molar-refractivity contribution in [3.8, 4) is 0 Å². The Balaban J connectivity index is 4.83. The standard InChI is InChI=1S/C12H23N3O3/c1-8(2)11(13-10(4)17)12(18)14-15(5,6)7-9(3)16/h9,16H,7H2,1-6H3,(H-,13,14,17,18)/p+1. The van der Waals surface area contributed by atoms with Crippen molar-refractivity contribution >= 4 is 11.8 Å². The van der Waals surface area contributed by atoms with E-state index in [0.29, 0.717) is 6.54 Å². The van der Waals surface area contributed by atoms with E-state index < -0.39 is 6.10 Å². The maximum Gasteiger partial charge on any atom is 0.312 e. The van der Waals surface area contributed by atoms with Crippen molar-refractivity contribution in [3.05, 3.63) is 11.3 Å².